The summed E-state index contributed by atoms with van der Waals surface area (Å²) >= 11 is 3.80. The Morgan fingerprint density at radius 3 is 2.79 bits per heavy atom. The molecule has 0 aliphatic rings. The van der Waals surface area contributed by atoms with Crippen LogP contribution in [0.2, 0.25) is 0 Å². The number of carboxylic acid groups (broad SMARTS) is 1. The Labute approximate surface area is 85.5 Å². The van der Waals surface area contributed by atoms with Crippen LogP contribution in [-0.2, 0) is 4.79 Å². The second kappa shape index (κ2) is 4.71. The molecule has 0 aromatic carbocycles. The normalized spacial score (nSPS) is 12.1. The number of thiol groups is 1. The van der Waals surface area contributed by atoms with Gasteiger partial charge in [-0.25, -0.2) is 4.79 Å². The molecule has 2 N–H and O–H groups in total. The first-order valence-electron chi connectivity index (χ1n) is 3.83. The van der Waals surface area contributed by atoms with Crippen molar-refractivity contribution in [3.63, 3.8) is 0 Å². The lowest BCUT2D eigenvalue weighted by atomic mass is 10.3. The van der Waals surface area contributed by atoms with Crippen molar-refractivity contribution in [3.8, 4) is 0 Å². The summed E-state index contributed by atoms with van der Waals surface area (Å²) in [5.74, 6) is -1.57. The molecule has 1 unspecified atom stereocenters. The minimum atomic E-state index is -1.13. The lowest BCUT2D eigenvalue weighted by Crippen LogP contribution is -2.41. The number of carbonyl (C=O) groups excluding carboxylic acids is 1. The Bertz CT molecular complexity index is 322. The van der Waals surface area contributed by atoms with Crippen LogP contribution in [0.3, 0.4) is 0 Å². The number of carbonyl (C=O) groups is 2. The number of amides is 1. The average Bonchev–Trinajstić information content (AvgIpc) is 2.65. The van der Waals surface area contributed by atoms with E-state index in [-0.39, 0.29) is 11.5 Å². The molecule has 1 rings (SSSR count). The topological polar surface area (TPSA) is 79.5 Å². The fraction of sp³-hybridized carbons (Fsp3) is 0.250. The Morgan fingerprint density at radius 1 is 1.64 bits per heavy atom. The second-order valence-corrected chi connectivity index (χ2v) is 2.89. The Kier molecular flexibility index (Phi) is 3.58. The molecule has 0 aliphatic carbocycles. The van der Waals surface area contributed by atoms with E-state index in [1.807, 2.05) is 0 Å². The number of furan rings is 1. The highest BCUT2D eigenvalue weighted by atomic mass is 32.1. The molecule has 0 fully saturated rings. The number of rotatable bonds is 4. The summed E-state index contributed by atoms with van der Waals surface area (Å²) in [7, 11) is 0. The molecule has 1 amide bonds. The van der Waals surface area contributed by atoms with E-state index in [1.54, 1.807) is 6.07 Å². The molecule has 6 heteroatoms. The average molecular weight is 215 g/mol. The molecule has 76 valence electrons. The van der Waals surface area contributed by atoms with Gasteiger partial charge in [0, 0.05) is 5.75 Å². The molecule has 0 spiro atoms. The standard InChI is InChI=1S/C8H9NO4S/c10-7(6-2-1-3-13-6)9-5(4-14)8(11)12/h1-3,5,14H,4H2,(H,9,10)(H,11,12). The van der Waals surface area contributed by atoms with E-state index in [4.69, 9.17) is 9.52 Å². The smallest absolute Gasteiger partial charge is 0.327 e. The van der Waals surface area contributed by atoms with E-state index in [0.29, 0.717) is 0 Å². The van der Waals surface area contributed by atoms with E-state index >= 15 is 0 Å². The predicted molar refractivity (Wildman–Crippen MR) is 51.5 cm³/mol. The van der Waals surface area contributed by atoms with Crippen LogP contribution in [0, 0.1) is 0 Å². The zero-order valence-electron chi connectivity index (χ0n) is 7.14. The third-order valence-electron chi connectivity index (χ3n) is 1.53. The van der Waals surface area contributed by atoms with Crippen molar-refractivity contribution in [1.29, 1.82) is 0 Å². The molecule has 0 bridgehead atoms. The minimum absolute atomic E-state index is 0.0295. The third-order valence-corrected chi connectivity index (χ3v) is 1.90. The predicted octanol–water partition coefficient (Wildman–Crippen LogP) is 0.392. The van der Waals surface area contributed by atoms with E-state index < -0.39 is 17.9 Å². The lowest BCUT2D eigenvalue weighted by molar-refractivity contribution is -0.138. The fourth-order valence-electron chi connectivity index (χ4n) is 0.823. The van der Waals surface area contributed by atoms with Gasteiger partial charge in [-0.15, -0.1) is 0 Å². The van der Waals surface area contributed by atoms with Crippen LogP contribution in [0.4, 0.5) is 0 Å². The maximum absolute atomic E-state index is 11.3. The molecule has 1 aromatic rings. The number of aliphatic carboxylic acids is 1. The molecule has 0 saturated carbocycles. The van der Waals surface area contributed by atoms with Crippen LogP contribution in [0.1, 0.15) is 10.6 Å². The van der Waals surface area contributed by atoms with Gasteiger partial charge >= 0.3 is 5.97 Å². The minimum Gasteiger partial charge on any atom is -0.480 e. The van der Waals surface area contributed by atoms with Gasteiger partial charge in [-0.2, -0.15) is 12.6 Å². The van der Waals surface area contributed by atoms with Crippen molar-refractivity contribution in [2.24, 2.45) is 0 Å². The number of hydrogen-bond donors (Lipinski definition) is 3. The molecule has 1 heterocycles. The SMILES string of the molecule is O=C(NC(CS)C(=O)O)c1ccco1. The van der Waals surface area contributed by atoms with Crippen LogP contribution >= 0.6 is 12.6 Å². The second-order valence-electron chi connectivity index (χ2n) is 2.52. The van der Waals surface area contributed by atoms with Crippen molar-refractivity contribution in [2.45, 2.75) is 6.04 Å². The molecule has 1 aromatic heterocycles. The van der Waals surface area contributed by atoms with Gasteiger partial charge in [-0.3, -0.25) is 4.79 Å². The highest BCUT2D eigenvalue weighted by Crippen LogP contribution is 2.00. The van der Waals surface area contributed by atoms with Gasteiger partial charge < -0.3 is 14.8 Å². The van der Waals surface area contributed by atoms with Gasteiger partial charge in [0.2, 0.25) is 0 Å². The summed E-state index contributed by atoms with van der Waals surface area (Å²) in [6.45, 7) is 0. The first-order chi connectivity index (χ1) is 6.65. The third kappa shape index (κ3) is 2.53. The number of nitrogens with one attached hydrogen (secondary N) is 1. The summed E-state index contributed by atoms with van der Waals surface area (Å²) in [5.41, 5.74) is 0. The van der Waals surface area contributed by atoms with Crippen LogP contribution in [-0.4, -0.2) is 28.8 Å². The lowest BCUT2D eigenvalue weighted by Gasteiger charge is -2.09. The Balaban J connectivity index is 2.60. The van der Waals surface area contributed by atoms with Gasteiger partial charge in [0.05, 0.1) is 6.26 Å². The molecule has 0 saturated heterocycles. The van der Waals surface area contributed by atoms with E-state index in [2.05, 4.69) is 17.9 Å². The van der Waals surface area contributed by atoms with Crippen molar-refractivity contribution in [1.82, 2.24) is 5.32 Å². The summed E-state index contributed by atoms with van der Waals surface area (Å²) in [5, 5.41) is 10.9. The first kappa shape index (κ1) is 10.6. The molecule has 0 radical (unpaired) electrons. The summed E-state index contributed by atoms with van der Waals surface area (Å²) < 4.78 is 4.79. The summed E-state index contributed by atoms with van der Waals surface area (Å²) in [6.07, 6.45) is 1.34. The number of hydrogen-bond acceptors (Lipinski definition) is 4. The van der Waals surface area contributed by atoms with E-state index in [1.165, 1.54) is 12.3 Å². The maximum atomic E-state index is 11.3. The van der Waals surface area contributed by atoms with E-state index in [9.17, 15) is 9.59 Å². The number of carboxylic acids is 1. The van der Waals surface area contributed by atoms with Crippen LogP contribution < -0.4 is 5.32 Å². The van der Waals surface area contributed by atoms with Gasteiger partial charge in [0.25, 0.3) is 5.91 Å². The molecule has 5 nitrogen and oxygen atoms in total. The Morgan fingerprint density at radius 2 is 2.36 bits per heavy atom. The molecular weight excluding hydrogens is 206 g/mol. The van der Waals surface area contributed by atoms with Crippen LogP contribution in [0.15, 0.2) is 22.8 Å². The molecular formula is C8H9NO4S. The summed E-state index contributed by atoms with van der Waals surface area (Å²) in [4.78, 5) is 21.8. The highest BCUT2D eigenvalue weighted by Gasteiger charge is 2.19. The van der Waals surface area contributed by atoms with E-state index in [0.717, 1.165) is 0 Å². The van der Waals surface area contributed by atoms with Gasteiger partial charge in [0.1, 0.15) is 6.04 Å². The van der Waals surface area contributed by atoms with Crippen molar-refractivity contribution in [2.75, 3.05) is 5.75 Å². The highest BCUT2D eigenvalue weighted by molar-refractivity contribution is 7.80. The fourth-order valence-corrected chi connectivity index (χ4v) is 1.07. The quantitative estimate of drug-likeness (QED) is 0.635. The Hall–Kier alpha value is -1.43. The molecule has 14 heavy (non-hydrogen) atoms. The van der Waals surface area contributed by atoms with Crippen molar-refractivity contribution < 1.29 is 19.1 Å². The van der Waals surface area contributed by atoms with Gasteiger partial charge in [-0.05, 0) is 12.1 Å². The first-order valence-corrected chi connectivity index (χ1v) is 4.46. The zero-order chi connectivity index (χ0) is 10.6. The van der Waals surface area contributed by atoms with Crippen LogP contribution in [0.25, 0.3) is 0 Å². The van der Waals surface area contributed by atoms with Crippen molar-refractivity contribution >= 4 is 24.5 Å². The van der Waals surface area contributed by atoms with Crippen molar-refractivity contribution in [3.05, 3.63) is 24.2 Å². The maximum Gasteiger partial charge on any atom is 0.327 e. The zero-order valence-corrected chi connectivity index (χ0v) is 8.03. The van der Waals surface area contributed by atoms with Gasteiger partial charge in [0.15, 0.2) is 5.76 Å². The molecule has 1 atom stereocenters. The summed E-state index contributed by atoms with van der Waals surface area (Å²) in [6, 6.07) is 1.99. The van der Waals surface area contributed by atoms with Gasteiger partial charge in [-0.1, -0.05) is 0 Å². The largest absolute Gasteiger partial charge is 0.480 e. The molecule has 0 aliphatic heterocycles. The monoisotopic (exact) mass is 215 g/mol. The van der Waals surface area contributed by atoms with Crippen LogP contribution in [0.5, 0.6) is 0 Å².